The van der Waals surface area contributed by atoms with Crippen molar-refractivity contribution in [3.63, 3.8) is 0 Å². The number of nitrogens with zero attached hydrogens (tertiary/aromatic N) is 1. The highest BCUT2D eigenvalue weighted by Crippen LogP contribution is 2.14. The van der Waals surface area contributed by atoms with Gasteiger partial charge in [-0.05, 0) is 18.7 Å². The molecule has 8 heteroatoms. The molecule has 6 nitrogen and oxygen atoms in total. The number of nitrogens with one attached hydrogen (secondary N) is 2. The van der Waals surface area contributed by atoms with Gasteiger partial charge in [0.2, 0.25) is 5.09 Å². The normalized spacial score (nSPS) is 11.8. The largest absolute Gasteiger partial charge is 0.447 e. The third-order valence-electron chi connectivity index (χ3n) is 2.35. The van der Waals surface area contributed by atoms with Crippen molar-refractivity contribution in [2.45, 2.75) is 25.1 Å². The monoisotopic (exact) mass is 301 g/mol. The van der Waals surface area contributed by atoms with E-state index in [9.17, 15) is 8.42 Å². The quantitative estimate of drug-likeness (QED) is 0.806. The molecular formula is C11H15N3O3S2. The second-order valence-electron chi connectivity index (χ2n) is 3.75. The molecule has 0 aliphatic heterocycles. The molecule has 0 aromatic carbocycles. The zero-order chi connectivity index (χ0) is 13.7. The minimum atomic E-state index is -3.62. The Morgan fingerprint density at radius 2 is 2.21 bits per heavy atom. The number of thiazole rings is 1. The molecule has 0 aliphatic rings. The van der Waals surface area contributed by atoms with Gasteiger partial charge in [0.05, 0.1) is 13.1 Å². The van der Waals surface area contributed by atoms with Crippen LogP contribution >= 0.6 is 11.3 Å². The minimum absolute atomic E-state index is 0.0723. The first-order valence-corrected chi connectivity index (χ1v) is 8.15. The molecule has 2 aromatic heterocycles. The standard InChI is InChI=1S/C11H15N3O3S2/c1-2-12-7-9-3-4-11(17-9)19(15,16)14-8-10-13-5-6-18-10/h3-6,12,14H,2,7-8H2,1H3. The van der Waals surface area contributed by atoms with Crippen LogP contribution in [0.2, 0.25) is 0 Å². The maximum Gasteiger partial charge on any atom is 0.274 e. The van der Waals surface area contributed by atoms with Gasteiger partial charge in [-0.15, -0.1) is 11.3 Å². The fourth-order valence-electron chi connectivity index (χ4n) is 1.41. The van der Waals surface area contributed by atoms with E-state index in [1.807, 2.05) is 6.92 Å². The Balaban J connectivity index is 2.00. The van der Waals surface area contributed by atoms with Crippen LogP contribution in [-0.4, -0.2) is 19.9 Å². The Hall–Kier alpha value is -1.22. The zero-order valence-electron chi connectivity index (χ0n) is 10.4. The molecule has 104 valence electrons. The van der Waals surface area contributed by atoms with E-state index in [2.05, 4.69) is 15.0 Å². The van der Waals surface area contributed by atoms with Crippen LogP contribution in [0.3, 0.4) is 0 Å². The number of furan rings is 1. The minimum Gasteiger partial charge on any atom is -0.447 e. The van der Waals surface area contributed by atoms with Crippen LogP contribution in [0, 0.1) is 0 Å². The van der Waals surface area contributed by atoms with E-state index in [1.54, 1.807) is 17.6 Å². The number of aromatic nitrogens is 1. The van der Waals surface area contributed by atoms with Gasteiger partial charge in [0, 0.05) is 11.6 Å². The number of hydrogen-bond acceptors (Lipinski definition) is 6. The molecule has 0 unspecified atom stereocenters. The highest BCUT2D eigenvalue weighted by Gasteiger charge is 2.18. The Labute approximate surface area is 115 Å². The third-order valence-corrected chi connectivity index (χ3v) is 4.40. The Morgan fingerprint density at radius 3 is 2.89 bits per heavy atom. The lowest BCUT2D eigenvalue weighted by atomic mass is 10.4. The lowest BCUT2D eigenvalue weighted by Gasteiger charge is -2.02. The predicted molar refractivity (Wildman–Crippen MR) is 72.2 cm³/mol. The maximum atomic E-state index is 12.0. The molecule has 0 fully saturated rings. The molecule has 19 heavy (non-hydrogen) atoms. The van der Waals surface area contributed by atoms with E-state index in [0.717, 1.165) is 6.54 Å². The van der Waals surface area contributed by atoms with E-state index in [0.29, 0.717) is 17.3 Å². The summed E-state index contributed by atoms with van der Waals surface area (Å²) < 4.78 is 31.7. The average Bonchev–Trinajstić information content (AvgIpc) is 3.05. The highest BCUT2D eigenvalue weighted by molar-refractivity contribution is 7.89. The number of sulfonamides is 1. The van der Waals surface area contributed by atoms with Crippen molar-refractivity contribution in [2.24, 2.45) is 0 Å². The van der Waals surface area contributed by atoms with Crippen molar-refractivity contribution in [1.29, 1.82) is 0 Å². The van der Waals surface area contributed by atoms with Crippen LogP contribution in [0.15, 0.2) is 33.2 Å². The van der Waals surface area contributed by atoms with Crippen LogP contribution in [0.4, 0.5) is 0 Å². The summed E-state index contributed by atoms with van der Waals surface area (Å²) in [5.74, 6) is 0.594. The SMILES string of the molecule is CCNCc1ccc(S(=O)(=O)NCc2nccs2)o1. The molecule has 0 bridgehead atoms. The second kappa shape index (κ2) is 6.29. The molecule has 2 N–H and O–H groups in total. The fourth-order valence-corrected chi connectivity index (χ4v) is 2.99. The lowest BCUT2D eigenvalue weighted by Crippen LogP contribution is -2.22. The molecule has 2 rings (SSSR count). The Bertz CT molecular complexity index is 605. The second-order valence-corrected chi connectivity index (χ2v) is 6.43. The van der Waals surface area contributed by atoms with Gasteiger partial charge in [-0.25, -0.2) is 18.1 Å². The average molecular weight is 301 g/mol. The molecule has 0 spiro atoms. The number of hydrogen-bond donors (Lipinski definition) is 2. The summed E-state index contributed by atoms with van der Waals surface area (Å²) in [6, 6.07) is 3.11. The van der Waals surface area contributed by atoms with Crippen LogP contribution < -0.4 is 10.0 Å². The van der Waals surface area contributed by atoms with Crippen molar-refractivity contribution >= 4 is 21.4 Å². The van der Waals surface area contributed by atoms with Gasteiger partial charge in [-0.2, -0.15) is 0 Å². The van der Waals surface area contributed by atoms with Gasteiger partial charge in [0.15, 0.2) is 0 Å². The van der Waals surface area contributed by atoms with Gasteiger partial charge in [0.25, 0.3) is 10.0 Å². The third kappa shape index (κ3) is 3.87. The highest BCUT2D eigenvalue weighted by atomic mass is 32.2. The van der Waals surface area contributed by atoms with Gasteiger partial charge in [0.1, 0.15) is 10.8 Å². The first-order valence-electron chi connectivity index (χ1n) is 5.79. The summed E-state index contributed by atoms with van der Waals surface area (Å²) in [6.07, 6.45) is 1.63. The molecule has 0 aliphatic carbocycles. The summed E-state index contributed by atoms with van der Waals surface area (Å²) in [5.41, 5.74) is 0. The number of rotatable bonds is 7. The Morgan fingerprint density at radius 1 is 1.37 bits per heavy atom. The molecular weight excluding hydrogens is 286 g/mol. The molecule has 2 aromatic rings. The molecule has 0 radical (unpaired) electrons. The van der Waals surface area contributed by atoms with Crippen molar-refractivity contribution in [3.8, 4) is 0 Å². The van der Waals surface area contributed by atoms with Crippen LogP contribution in [0.25, 0.3) is 0 Å². The van der Waals surface area contributed by atoms with Crippen LogP contribution in [0.5, 0.6) is 0 Å². The van der Waals surface area contributed by atoms with Gasteiger partial charge < -0.3 is 9.73 Å². The van der Waals surface area contributed by atoms with E-state index in [1.165, 1.54) is 17.4 Å². The van der Waals surface area contributed by atoms with Crippen molar-refractivity contribution in [1.82, 2.24) is 15.0 Å². The van der Waals surface area contributed by atoms with Crippen molar-refractivity contribution < 1.29 is 12.8 Å². The van der Waals surface area contributed by atoms with Crippen LogP contribution in [-0.2, 0) is 23.1 Å². The fraction of sp³-hybridized carbons (Fsp3) is 0.364. The summed E-state index contributed by atoms with van der Waals surface area (Å²) in [6.45, 7) is 3.45. The predicted octanol–water partition coefficient (Wildman–Crippen LogP) is 1.32. The molecule has 0 saturated heterocycles. The summed E-state index contributed by atoms with van der Waals surface area (Å²) >= 11 is 1.40. The topological polar surface area (TPSA) is 84.2 Å². The first-order chi connectivity index (χ1) is 9.12. The molecule has 0 atom stereocenters. The summed E-state index contributed by atoms with van der Waals surface area (Å²) in [7, 11) is -3.62. The van der Waals surface area contributed by atoms with E-state index in [4.69, 9.17) is 4.42 Å². The Kier molecular flexibility index (Phi) is 4.70. The lowest BCUT2D eigenvalue weighted by molar-refractivity contribution is 0.401. The summed E-state index contributed by atoms with van der Waals surface area (Å²) in [4.78, 5) is 4.01. The summed E-state index contributed by atoms with van der Waals surface area (Å²) in [5, 5.41) is 5.50. The molecule has 0 saturated carbocycles. The van der Waals surface area contributed by atoms with Gasteiger partial charge in [-0.1, -0.05) is 6.92 Å². The van der Waals surface area contributed by atoms with E-state index < -0.39 is 10.0 Å². The van der Waals surface area contributed by atoms with Crippen LogP contribution in [0.1, 0.15) is 17.7 Å². The van der Waals surface area contributed by atoms with Gasteiger partial charge >= 0.3 is 0 Å². The smallest absolute Gasteiger partial charge is 0.274 e. The van der Waals surface area contributed by atoms with E-state index in [-0.39, 0.29) is 11.6 Å². The van der Waals surface area contributed by atoms with Crippen molar-refractivity contribution in [2.75, 3.05) is 6.54 Å². The zero-order valence-corrected chi connectivity index (χ0v) is 12.1. The molecule has 2 heterocycles. The van der Waals surface area contributed by atoms with Gasteiger partial charge in [-0.3, -0.25) is 0 Å². The van der Waals surface area contributed by atoms with Crippen molar-refractivity contribution in [3.05, 3.63) is 34.5 Å². The maximum absolute atomic E-state index is 12.0. The van der Waals surface area contributed by atoms with E-state index >= 15 is 0 Å². The first kappa shape index (κ1) is 14.2. The molecule has 0 amide bonds.